The maximum atomic E-state index is 8.92. The molecule has 0 amide bonds. The summed E-state index contributed by atoms with van der Waals surface area (Å²) in [5, 5.41) is 17.6. The van der Waals surface area contributed by atoms with Crippen LogP contribution in [-0.4, -0.2) is 16.3 Å². The number of hydrogen-bond donors (Lipinski definition) is 2. The second-order valence-corrected chi connectivity index (χ2v) is 1.66. The monoisotopic (exact) mass is 113 g/mol. The number of rotatable bonds is 0. The van der Waals surface area contributed by atoms with Gasteiger partial charge in [0.05, 0.1) is 7.45 Å². The molecule has 1 unspecified atom stereocenters. The van der Waals surface area contributed by atoms with E-state index in [9.17, 15) is 0 Å². The van der Waals surface area contributed by atoms with Gasteiger partial charge in [-0.05, 0) is 18.6 Å². The molecule has 0 saturated heterocycles. The van der Waals surface area contributed by atoms with E-state index in [1.54, 1.807) is 0 Å². The van der Waals surface area contributed by atoms with Crippen molar-refractivity contribution in [3.05, 3.63) is 24.0 Å². The van der Waals surface area contributed by atoms with Crippen LogP contribution in [0.1, 0.15) is 7.79 Å². The van der Waals surface area contributed by atoms with Gasteiger partial charge >= 0.3 is 0 Å². The molecule has 2 N–H and O–H groups in total. The van der Waals surface area contributed by atoms with E-state index in [1.807, 2.05) is 0 Å². The van der Waals surface area contributed by atoms with Crippen LogP contribution in [0.5, 0.6) is 0 Å². The van der Waals surface area contributed by atoms with E-state index in [-0.39, 0.29) is 12.2 Å². The Balaban J connectivity index is 2.70. The van der Waals surface area contributed by atoms with Gasteiger partial charge < -0.3 is 10.2 Å². The molecular formula is C6H8O2. The van der Waals surface area contributed by atoms with E-state index in [1.165, 1.54) is 18.2 Å². The molecule has 8 heavy (non-hydrogen) atoms. The minimum atomic E-state index is -1.51. The first-order valence-electron chi connectivity index (χ1n) is 2.91. The maximum Gasteiger partial charge on any atom is 0.111 e. The summed E-state index contributed by atoms with van der Waals surface area (Å²) in [6.45, 7) is 0. The maximum absolute atomic E-state index is 8.92. The fraction of sp³-hybridized carbons (Fsp3) is 0.333. The third-order valence-corrected chi connectivity index (χ3v) is 0.967. The predicted molar refractivity (Wildman–Crippen MR) is 30.5 cm³/mol. The van der Waals surface area contributed by atoms with Crippen molar-refractivity contribution in [2.24, 2.45) is 0 Å². The van der Waals surface area contributed by atoms with Crippen LogP contribution in [-0.2, 0) is 0 Å². The zero-order valence-electron chi connectivity index (χ0n) is 5.33. The summed E-state index contributed by atoms with van der Waals surface area (Å²) < 4.78 is 7.03. The number of allylic oxidation sites excluding steroid dienone is 1. The average Bonchev–Trinajstić information content (AvgIpc) is 1.78. The molecule has 0 aromatic carbocycles. The normalized spacial score (nSPS) is 38.6. The third-order valence-electron chi connectivity index (χ3n) is 0.967. The fourth-order valence-electron chi connectivity index (χ4n) is 0.527. The first-order chi connectivity index (χ1) is 4.10. The zero-order valence-corrected chi connectivity index (χ0v) is 4.33. The molecule has 0 aromatic heterocycles. The standard InChI is InChI=1S/C6H8O2/c7-5-1-2-6(8)4-3-5/h1-3,6-8H,4H2/i6D. The molecule has 0 heterocycles. The Morgan fingerprint density at radius 3 is 3.00 bits per heavy atom. The SMILES string of the molecule is [2H]C1(O)C=CC(O)=CC1. The lowest BCUT2D eigenvalue weighted by molar-refractivity contribution is 0.221. The van der Waals surface area contributed by atoms with Crippen LogP contribution in [0.15, 0.2) is 24.0 Å². The van der Waals surface area contributed by atoms with E-state index >= 15 is 0 Å². The van der Waals surface area contributed by atoms with Gasteiger partial charge in [-0.25, -0.2) is 0 Å². The molecule has 0 radical (unpaired) electrons. The Morgan fingerprint density at radius 2 is 2.62 bits per heavy atom. The van der Waals surface area contributed by atoms with Crippen LogP contribution in [0.2, 0.25) is 0 Å². The summed E-state index contributed by atoms with van der Waals surface area (Å²) in [4.78, 5) is 0. The highest BCUT2D eigenvalue weighted by Gasteiger charge is 2.01. The zero-order chi connectivity index (χ0) is 6.91. The van der Waals surface area contributed by atoms with Crippen molar-refractivity contribution in [3.8, 4) is 0 Å². The lowest BCUT2D eigenvalue weighted by Gasteiger charge is -2.04. The molecule has 2 heteroatoms. The highest BCUT2D eigenvalue weighted by Crippen LogP contribution is 2.06. The van der Waals surface area contributed by atoms with Crippen LogP contribution in [0, 0.1) is 0 Å². The van der Waals surface area contributed by atoms with E-state index in [0.717, 1.165) is 0 Å². The van der Waals surface area contributed by atoms with Crippen molar-refractivity contribution in [2.45, 2.75) is 12.5 Å². The highest BCUT2D eigenvalue weighted by molar-refractivity contribution is 5.17. The second-order valence-electron chi connectivity index (χ2n) is 1.66. The molecule has 1 rings (SSSR count). The first kappa shape index (κ1) is 4.15. The minimum absolute atomic E-state index is 0.118. The van der Waals surface area contributed by atoms with Crippen LogP contribution in [0.3, 0.4) is 0 Å². The van der Waals surface area contributed by atoms with Crippen molar-refractivity contribution >= 4 is 0 Å². The Kier molecular flexibility index (Phi) is 1.04. The summed E-state index contributed by atoms with van der Waals surface area (Å²) in [6, 6.07) is 0. The van der Waals surface area contributed by atoms with Crippen LogP contribution >= 0.6 is 0 Å². The largest absolute Gasteiger partial charge is 0.508 e. The van der Waals surface area contributed by atoms with Gasteiger partial charge in [0.1, 0.15) is 5.76 Å². The Morgan fingerprint density at radius 1 is 1.88 bits per heavy atom. The average molecular weight is 113 g/mol. The molecule has 1 atom stereocenters. The van der Waals surface area contributed by atoms with Gasteiger partial charge in [-0.2, -0.15) is 0 Å². The van der Waals surface area contributed by atoms with Crippen molar-refractivity contribution in [3.63, 3.8) is 0 Å². The smallest absolute Gasteiger partial charge is 0.111 e. The number of hydrogen-bond acceptors (Lipinski definition) is 2. The molecule has 0 bridgehead atoms. The minimum Gasteiger partial charge on any atom is -0.508 e. The van der Waals surface area contributed by atoms with Gasteiger partial charge in [0.15, 0.2) is 0 Å². The predicted octanol–water partition coefficient (Wildman–Crippen LogP) is 0.749. The van der Waals surface area contributed by atoms with Gasteiger partial charge in [0.25, 0.3) is 0 Å². The van der Waals surface area contributed by atoms with Crippen LogP contribution in [0.25, 0.3) is 0 Å². The molecular weight excluding hydrogens is 104 g/mol. The van der Waals surface area contributed by atoms with Crippen molar-refractivity contribution in [1.82, 2.24) is 0 Å². The van der Waals surface area contributed by atoms with Crippen molar-refractivity contribution < 1.29 is 11.6 Å². The molecule has 44 valence electrons. The van der Waals surface area contributed by atoms with Gasteiger partial charge in [-0.3, -0.25) is 0 Å². The van der Waals surface area contributed by atoms with Gasteiger partial charge in [0.2, 0.25) is 0 Å². The Bertz CT molecular complexity index is 170. The number of aliphatic hydroxyl groups is 2. The quantitative estimate of drug-likeness (QED) is 0.486. The lowest BCUT2D eigenvalue weighted by atomic mass is 10.1. The molecule has 1 aliphatic carbocycles. The Hall–Kier alpha value is -0.760. The first-order valence-corrected chi connectivity index (χ1v) is 2.41. The summed E-state index contributed by atoms with van der Waals surface area (Å²) in [5.74, 6) is 0.118. The van der Waals surface area contributed by atoms with Gasteiger partial charge in [-0.15, -0.1) is 0 Å². The van der Waals surface area contributed by atoms with E-state index in [2.05, 4.69) is 0 Å². The molecule has 0 saturated carbocycles. The molecule has 0 spiro atoms. The topological polar surface area (TPSA) is 40.5 Å². The molecule has 0 aliphatic heterocycles. The van der Waals surface area contributed by atoms with Gasteiger partial charge in [0, 0.05) is 0 Å². The summed E-state index contributed by atoms with van der Waals surface area (Å²) in [5.41, 5.74) is 0. The highest BCUT2D eigenvalue weighted by atomic mass is 16.3. The van der Waals surface area contributed by atoms with E-state index < -0.39 is 6.08 Å². The molecule has 1 aliphatic rings. The summed E-state index contributed by atoms with van der Waals surface area (Å²) >= 11 is 0. The Labute approximate surface area is 49.2 Å². The summed E-state index contributed by atoms with van der Waals surface area (Å²) in [6.07, 6.45) is 2.63. The van der Waals surface area contributed by atoms with Crippen LogP contribution < -0.4 is 0 Å². The van der Waals surface area contributed by atoms with Crippen molar-refractivity contribution in [2.75, 3.05) is 0 Å². The summed E-state index contributed by atoms with van der Waals surface area (Å²) in [7, 11) is 0. The van der Waals surface area contributed by atoms with Crippen molar-refractivity contribution in [1.29, 1.82) is 0 Å². The number of aliphatic hydroxyl groups excluding tert-OH is 1. The van der Waals surface area contributed by atoms with E-state index in [0.29, 0.717) is 0 Å². The molecule has 0 aromatic rings. The second kappa shape index (κ2) is 2.01. The van der Waals surface area contributed by atoms with Gasteiger partial charge in [-0.1, -0.05) is 6.08 Å². The molecule has 0 fully saturated rings. The fourth-order valence-corrected chi connectivity index (χ4v) is 0.527. The molecule has 2 nitrogen and oxygen atoms in total. The lowest BCUT2D eigenvalue weighted by Crippen LogP contribution is -2.03. The van der Waals surface area contributed by atoms with Crippen LogP contribution in [0.4, 0.5) is 0 Å². The third kappa shape index (κ3) is 1.10. The van der Waals surface area contributed by atoms with E-state index in [4.69, 9.17) is 11.6 Å².